The van der Waals surface area contributed by atoms with Gasteiger partial charge in [0.05, 0.1) is 5.69 Å². The molecule has 0 saturated carbocycles. The molecule has 1 aromatic carbocycles. The van der Waals surface area contributed by atoms with E-state index >= 15 is 0 Å². The van der Waals surface area contributed by atoms with Gasteiger partial charge in [-0.2, -0.15) is 0 Å². The first-order valence-corrected chi connectivity index (χ1v) is 6.76. The van der Waals surface area contributed by atoms with Gasteiger partial charge in [0.2, 0.25) is 0 Å². The molecule has 1 aliphatic heterocycles. The van der Waals surface area contributed by atoms with Crippen LogP contribution in [-0.4, -0.2) is 17.5 Å². The van der Waals surface area contributed by atoms with Crippen molar-refractivity contribution in [3.05, 3.63) is 29.6 Å². The molecule has 3 heteroatoms. The van der Waals surface area contributed by atoms with E-state index in [-0.39, 0.29) is 5.82 Å². The van der Waals surface area contributed by atoms with Gasteiger partial charge in [-0.3, -0.25) is 4.90 Å². The van der Waals surface area contributed by atoms with Gasteiger partial charge in [-0.15, -0.1) is 0 Å². The zero-order valence-electron chi connectivity index (χ0n) is 11.5. The fourth-order valence-electron chi connectivity index (χ4n) is 2.98. The fourth-order valence-corrected chi connectivity index (χ4v) is 2.98. The van der Waals surface area contributed by atoms with Crippen LogP contribution in [-0.2, 0) is 6.54 Å². The van der Waals surface area contributed by atoms with Gasteiger partial charge in [-0.05, 0) is 36.8 Å². The zero-order chi connectivity index (χ0) is 13.3. The monoisotopic (exact) mass is 250 g/mol. The Labute approximate surface area is 109 Å². The summed E-state index contributed by atoms with van der Waals surface area (Å²) in [6, 6.07) is 5.62. The summed E-state index contributed by atoms with van der Waals surface area (Å²) in [6.07, 6.45) is 1.27. The van der Waals surface area contributed by atoms with E-state index in [1.807, 2.05) is 6.07 Å². The molecule has 0 aliphatic carbocycles. The number of anilines is 1. The first-order valence-electron chi connectivity index (χ1n) is 6.76. The van der Waals surface area contributed by atoms with Gasteiger partial charge >= 0.3 is 0 Å². The molecular weight excluding hydrogens is 227 g/mol. The van der Waals surface area contributed by atoms with Crippen molar-refractivity contribution in [3.8, 4) is 0 Å². The summed E-state index contributed by atoms with van der Waals surface area (Å²) >= 11 is 0. The Bertz CT molecular complexity index is 419. The summed E-state index contributed by atoms with van der Waals surface area (Å²) in [5.41, 5.74) is 7.02. The van der Waals surface area contributed by atoms with Crippen LogP contribution in [0.5, 0.6) is 0 Å². The van der Waals surface area contributed by atoms with Crippen molar-refractivity contribution < 1.29 is 4.39 Å². The number of para-hydroxylation sites is 1. The number of nitrogen functional groups attached to an aromatic ring is 1. The van der Waals surface area contributed by atoms with E-state index in [4.69, 9.17) is 5.73 Å². The van der Waals surface area contributed by atoms with Crippen molar-refractivity contribution >= 4 is 5.69 Å². The summed E-state index contributed by atoms with van der Waals surface area (Å²) in [4.78, 5) is 2.42. The second-order valence-electron chi connectivity index (χ2n) is 5.80. The predicted molar refractivity (Wildman–Crippen MR) is 73.6 cm³/mol. The number of piperidine rings is 1. The lowest BCUT2D eigenvalue weighted by atomic mass is 9.85. The first kappa shape index (κ1) is 13.3. The van der Waals surface area contributed by atoms with Gasteiger partial charge in [0.25, 0.3) is 0 Å². The molecular formula is C15H23FN2. The Balaban J connectivity index is 2.15. The molecule has 1 heterocycles. The van der Waals surface area contributed by atoms with E-state index in [0.29, 0.717) is 23.6 Å². The van der Waals surface area contributed by atoms with Crippen LogP contribution in [0.25, 0.3) is 0 Å². The number of nitrogens with zero attached hydrogens (tertiary/aromatic N) is 1. The lowest BCUT2D eigenvalue weighted by Gasteiger charge is -2.41. The molecule has 2 rings (SSSR count). The molecule has 0 amide bonds. The molecule has 1 saturated heterocycles. The number of nitrogens with two attached hydrogens (primary N) is 1. The van der Waals surface area contributed by atoms with Crippen LogP contribution >= 0.6 is 0 Å². The summed E-state index contributed by atoms with van der Waals surface area (Å²) in [7, 11) is 0. The minimum absolute atomic E-state index is 0.301. The molecule has 2 N–H and O–H groups in total. The highest BCUT2D eigenvalue weighted by Crippen LogP contribution is 2.29. The molecule has 3 atom stereocenters. The van der Waals surface area contributed by atoms with Crippen LogP contribution in [0, 0.1) is 17.7 Å². The normalized spacial score (nSPS) is 29.4. The number of likely N-dealkylation sites (tertiary alicyclic amines) is 1. The van der Waals surface area contributed by atoms with Crippen LogP contribution in [0.2, 0.25) is 0 Å². The molecule has 0 radical (unpaired) electrons. The van der Waals surface area contributed by atoms with E-state index in [2.05, 4.69) is 25.7 Å². The number of hydrogen-bond acceptors (Lipinski definition) is 2. The molecule has 100 valence electrons. The van der Waals surface area contributed by atoms with E-state index in [1.54, 1.807) is 6.07 Å². The maximum Gasteiger partial charge on any atom is 0.146 e. The standard InChI is InChI=1S/C15H23FN2/c1-10-7-11(2)12(3)18(8-10)9-13-5-4-6-14(16)15(13)17/h4-6,10-12H,7-9,17H2,1-3H3. The van der Waals surface area contributed by atoms with E-state index < -0.39 is 0 Å². The third kappa shape index (κ3) is 2.66. The Hall–Kier alpha value is -1.09. The van der Waals surface area contributed by atoms with Crippen molar-refractivity contribution in [2.24, 2.45) is 11.8 Å². The van der Waals surface area contributed by atoms with E-state index in [0.717, 1.165) is 18.7 Å². The predicted octanol–water partition coefficient (Wildman–Crippen LogP) is 3.27. The van der Waals surface area contributed by atoms with E-state index in [9.17, 15) is 4.39 Å². The largest absolute Gasteiger partial charge is 0.396 e. The SMILES string of the molecule is CC1CC(C)C(C)N(Cc2cccc(F)c2N)C1. The molecule has 3 unspecified atom stereocenters. The second kappa shape index (κ2) is 5.27. The molecule has 0 spiro atoms. The Morgan fingerprint density at radius 3 is 2.78 bits per heavy atom. The molecule has 1 aliphatic rings. The minimum Gasteiger partial charge on any atom is -0.396 e. The van der Waals surface area contributed by atoms with Gasteiger partial charge in [0.1, 0.15) is 5.82 Å². The highest BCUT2D eigenvalue weighted by molar-refractivity contribution is 5.47. The maximum absolute atomic E-state index is 13.4. The zero-order valence-corrected chi connectivity index (χ0v) is 11.5. The highest BCUT2D eigenvalue weighted by Gasteiger charge is 2.28. The number of benzene rings is 1. The smallest absolute Gasteiger partial charge is 0.146 e. The summed E-state index contributed by atoms with van der Waals surface area (Å²) in [5.74, 6) is 1.08. The topological polar surface area (TPSA) is 29.3 Å². The highest BCUT2D eigenvalue weighted by atomic mass is 19.1. The summed E-state index contributed by atoms with van der Waals surface area (Å²) in [5, 5.41) is 0. The van der Waals surface area contributed by atoms with Crippen LogP contribution in [0.3, 0.4) is 0 Å². The van der Waals surface area contributed by atoms with Crippen LogP contribution in [0.1, 0.15) is 32.8 Å². The minimum atomic E-state index is -0.307. The molecule has 18 heavy (non-hydrogen) atoms. The van der Waals surface area contributed by atoms with Crippen molar-refractivity contribution in [3.63, 3.8) is 0 Å². The Kier molecular flexibility index (Phi) is 3.91. The van der Waals surface area contributed by atoms with Crippen molar-refractivity contribution in [1.82, 2.24) is 4.90 Å². The first-order chi connectivity index (χ1) is 8.49. The maximum atomic E-state index is 13.4. The fraction of sp³-hybridized carbons (Fsp3) is 0.600. The molecule has 0 aromatic heterocycles. The Morgan fingerprint density at radius 2 is 2.06 bits per heavy atom. The van der Waals surface area contributed by atoms with Crippen LogP contribution in [0.15, 0.2) is 18.2 Å². The van der Waals surface area contributed by atoms with Gasteiger partial charge in [-0.25, -0.2) is 4.39 Å². The Morgan fingerprint density at radius 1 is 1.33 bits per heavy atom. The molecule has 1 aromatic rings. The van der Waals surface area contributed by atoms with Crippen LogP contribution in [0.4, 0.5) is 10.1 Å². The average molecular weight is 250 g/mol. The van der Waals surface area contributed by atoms with Gasteiger partial charge in [0.15, 0.2) is 0 Å². The number of hydrogen-bond donors (Lipinski definition) is 1. The average Bonchev–Trinajstić information content (AvgIpc) is 2.31. The van der Waals surface area contributed by atoms with Crippen molar-refractivity contribution in [2.45, 2.75) is 39.8 Å². The van der Waals surface area contributed by atoms with Gasteiger partial charge < -0.3 is 5.73 Å². The lowest BCUT2D eigenvalue weighted by Crippen LogP contribution is -2.45. The van der Waals surface area contributed by atoms with Crippen molar-refractivity contribution in [2.75, 3.05) is 12.3 Å². The summed E-state index contributed by atoms with van der Waals surface area (Å²) < 4.78 is 13.4. The second-order valence-corrected chi connectivity index (χ2v) is 5.80. The molecule has 0 bridgehead atoms. The number of rotatable bonds is 2. The van der Waals surface area contributed by atoms with Gasteiger partial charge in [0, 0.05) is 19.1 Å². The molecule has 1 fully saturated rings. The third-order valence-corrected chi connectivity index (χ3v) is 4.24. The number of halogens is 1. The summed E-state index contributed by atoms with van der Waals surface area (Å²) in [6.45, 7) is 8.65. The molecule has 2 nitrogen and oxygen atoms in total. The third-order valence-electron chi connectivity index (χ3n) is 4.24. The quantitative estimate of drug-likeness (QED) is 0.816. The van der Waals surface area contributed by atoms with Gasteiger partial charge in [-0.1, -0.05) is 26.0 Å². The lowest BCUT2D eigenvalue weighted by molar-refractivity contribution is 0.0731. The van der Waals surface area contributed by atoms with Crippen LogP contribution < -0.4 is 5.73 Å². The van der Waals surface area contributed by atoms with E-state index in [1.165, 1.54) is 12.5 Å². The van der Waals surface area contributed by atoms with Crippen molar-refractivity contribution in [1.29, 1.82) is 0 Å².